The van der Waals surface area contributed by atoms with E-state index < -0.39 is 17.7 Å². The fourth-order valence-corrected chi connectivity index (χ4v) is 1.23. The molecule has 0 aromatic carbocycles. The van der Waals surface area contributed by atoms with Crippen LogP contribution in [0.3, 0.4) is 0 Å². The number of aromatic amines is 1. The predicted molar refractivity (Wildman–Crippen MR) is 45.5 cm³/mol. The van der Waals surface area contributed by atoms with Crippen LogP contribution in [0.4, 0.5) is 8.78 Å². The summed E-state index contributed by atoms with van der Waals surface area (Å²) in [5.41, 5.74) is -0.117. The van der Waals surface area contributed by atoms with Gasteiger partial charge in [0, 0.05) is 17.8 Å². The zero-order valence-corrected chi connectivity index (χ0v) is 7.29. The van der Waals surface area contributed by atoms with Gasteiger partial charge in [-0.3, -0.25) is 9.89 Å². The second-order valence-corrected chi connectivity index (χ2v) is 2.94. The van der Waals surface area contributed by atoms with Crippen LogP contribution in [0, 0.1) is 6.92 Å². The van der Waals surface area contributed by atoms with Gasteiger partial charge in [-0.05, 0) is 6.92 Å². The second-order valence-electron chi connectivity index (χ2n) is 2.94. The summed E-state index contributed by atoms with van der Waals surface area (Å²) in [6, 6.07) is 0.827. The molecular formula is C8H7F2N3O. The van der Waals surface area contributed by atoms with Crippen LogP contribution in [0.25, 0.3) is 5.65 Å². The van der Waals surface area contributed by atoms with Crippen molar-refractivity contribution >= 4 is 5.65 Å². The molecule has 74 valence electrons. The minimum atomic E-state index is -2.72. The minimum absolute atomic E-state index is 0.243. The van der Waals surface area contributed by atoms with E-state index in [-0.39, 0.29) is 5.65 Å². The van der Waals surface area contributed by atoms with Crippen molar-refractivity contribution in [1.29, 1.82) is 0 Å². The maximum Gasteiger partial charge on any atom is 0.280 e. The van der Waals surface area contributed by atoms with Crippen LogP contribution >= 0.6 is 0 Å². The molecule has 1 N–H and O–H groups in total. The number of fused-ring (bicyclic) bond motifs is 1. The summed E-state index contributed by atoms with van der Waals surface area (Å²) in [5.74, 6) is 0. The van der Waals surface area contributed by atoms with Crippen LogP contribution in [0.2, 0.25) is 0 Å². The Bertz CT molecular complexity index is 529. The van der Waals surface area contributed by atoms with E-state index in [9.17, 15) is 13.6 Å². The molecule has 4 nitrogen and oxygen atoms in total. The first-order valence-electron chi connectivity index (χ1n) is 3.95. The van der Waals surface area contributed by atoms with E-state index in [0.29, 0.717) is 5.56 Å². The molecule has 0 saturated carbocycles. The van der Waals surface area contributed by atoms with E-state index >= 15 is 0 Å². The van der Waals surface area contributed by atoms with Crippen molar-refractivity contribution in [3.63, 3.8) is 0 Å². The summed E-state index contributed by atoms with van der Waals surface area (Å²) in [6.07, 6.45) is -1.18. The van der Waals surface area contributed by atoms with Crippen molar-refractivity contribution in [2.45, 2.75) is 13.3 Å². The molecule has 0 atom stereocenters. The molecule has 0 fully saturated rings. The van der Waals surface area contributed by atoms with Gasteiger partial charge in [0.05, 0.1) is 0 Å². The lowest BCUT2D eigenvalue weighted by atomic mass is 10.3. The monoisotopic (exact) mass is 199 g/mol. The number of hydrogen-bond acceptors (Lipinski definition) is 2. The second kappa shape index (κ2) is 2.90. The highest BCUT2D eigenvalue weighted by molar-refractivity contribution is 5.45. The Labute approximate surface area is 77.2 Å². The number of H-pyrrole nitrogens is 1. The van der Waals surface area contributed by atoms with Crippen molar-refractivity contribution in [3.05, 3.63) is 33.9 Å². The number of nitrogens with one attached hydrogen (secondary N) is 1. The molecular weight excluding hydrogens is 192 g/mol. The van der Waals surface area contributed by atoms with Gasteiger partial charge in [0.1, 0.15) is 5.69 Å². The molecule has 2 aromatic heterocycles. The molecule has 2 heterocycles. The quantitative estimate of drug-likeness (QED) is 0.751. The zero-order chi connectivity index (χ0) is 10.3. The van der Waals surface area contributed by atoms with Crippen LogP contribution in [0.5, 0.6) is 0 Å². The molecule has 14 heavy (non-hydrogen) atoms. The molecule has 0 aliphatic heterocycles. The van der Waals surface area contributed by atoms with Gasteiger partial charge >= 0.3 is 0 Å². The first-order chi connectivity index (χ1) is 6.59. The fraction of sp³-hybridized carbons (Fsp3) is 0.250. The molecule has 2 rings (SSSR count). The van der Waals surface area contributed by atoms with Crippen molar-refractivity contribution < 1.29 is 8.78 Å². The minimum Gasteiger partial charge on any atom is -0.297 e. The molecule has 0 spiro atoms. The summed E-state index contributed by atoms with van der Waals surface area (Å²) >= 11 is 0. The Balaban J connectivity index is 2.82. The first kappa shape index (κ1) is 8.86. The third-order valence-electron chi connectivity index (χ3n) is 1.92. The molecule has 0 aliphatic rings. The van der Waals surface area contributed by atoms with E-state index in [0.717, 1.165) is 10.6 Å². The van der Waals surface area contributed by atoms with Gasteiger partial charge in [-0.1, -0.05) is 0 Å². The fourth-order valence-electron chi connectivity index (χ4n) is 1.23. The smallest absolute Gasteiger partial charge is 0.280 e. The topological polar surface area (TPSA) is 50.2 Å². The van der Waals surface area contributed by atoms with Crippen molar-refractivity contribution in [1.82, 2.24) is 14.6 Å². The van der Waals surface area contributed by atoms with Gasteiger partial charge in [-0.25, -0.2) is 18.3 Å². The van der Waals surface area contributed by atoms with Crippen LogP contribution in [0.15, 0.2) is 17.1 Å². The molecule has 6 heteroatoms. The molecule has 0 bridgehead atoms. The highest BCUT2D eigenvalue weighted by Gasteiger charge is 2.13. The first-order valence-corrected chi connectivity index (χ1v) is 3.95. The average molecular weight is 199 g/mol. The van der Waals surface area contributed by atoms with Crippen molar-refractivity contribution in [3.8, 4) is 0 Å². The van der Waals surface area contributed by atoms with Crippen molar-refractivity contribution in [2.75, 3.05) is 0 Å². The van der Waals surface area contributed by atoms with Crippen LogP contribution < -0.4 is 5.56 Å². The van der Waals surface area contributed by atoms with E-state index in [4.69, 9.17) is 0 Å². The van der Waals surface area contributed by atoms with Gasteiger partial charge in [-0.2, -0.15) is 0 Å². The third kappa shape index (κ3) is 1.19. The Kier molecular flexibility index (Phi) is 1.83. The summed E-state index contributed by atoms with van der Waals surface area (Å²) < 4.78 is 25.7. The number of halogens is 2. The number of alkyl halides is 2. The lowest BCUT2D eigenvalue weighted by Gasteiger charge is -1.98. The summed E-state index contributed by atoms with van der Waals surface area (Å²) in [6.45, 7) is 1.69. The van der Waals surface area contributed by atoms with E-state index in [1.807, 2.05) is 0 Å². The van der Waals surface area contributed by atoms with Gasteiger partial charge in [0.15, 0.2) is 5.65 Å². The molecule has 0 unspecified atom stereocenters. The lowest BCUT2D eigenvalue weighted by Crippen LogP contribution is -2.15. The molecule has 0 aliphatic carbocycles. The molecule has 0 saturated heterocycles. The Hall–Kier alpha value is -1.72. The molecule has 0 amide bonds. The predicted octanol–water partition coefficient (Wildman–Crippen LogP) is 1.27. The molecule has 2 aromatic rings. The Morgan fingerprint density at radius 3 is 2.93 bits per heavy atom. The number of nitrogens with zero attached hydrogens (tertiary/aromatic N) is 2. The highest BCUT2D eigenvalue weighted by Crippen LogP contribution is 2.15. The largest absolute Gasteiger partial charge is 0.297 e. The van der Waals surface area contributed by atoms with Crippen molar-refractivity contribution in [2.24, 2.45) is 0 Å². The third-order valence-corrected chi connectivity index (χ3v) is 1.92. The lowest BCUT2D eigenvalue weighted by molar-refractivity contribution is 0.146. The SMILES string of the molecule is Cc1c[nH]n2c(=O)cc(C(F)F)nc12. The average Bonchev–Trinajstić information content (AvgIpc) is 2.48. The summed E-state index contributed by atoms with van der Waals surface area (Å²) in [4.78, 5) is 15.0. The Morgan fingerprint density at radius 1 is 1.57 bits per heavy atom. The number of aryl methyl sites for hydroxylation is 1. The number of rotatable bonds is 1. The normalized spacial score (nSPS) is 11.4. The van der Waals surface area contributed by atoms with E-state index in [1.54, 1.807) is 13.1 Å². The summed E-state index contributed by atoms with van der Waals surface area (Å²) in [5, 5.41) is 2.62. The molecule has 0 radical (unpaired) electrons. The standard InChI is InChI=1S/C8H7F2N3O/c1-4-3-11-13-6(14)2-5(7(9)10)12-8(4)13/h2-3,7,11H,1H3. The number of aromatic nitrogens is 3. The van der Waals surface area contributed by atoms with Gasteiger partial charge in [0.25, 0.3) is 12.0 Å². The maximum absolute atomic E-state index is 12.3. The number of hydrogen-bond donors (Lipinski definition) is 1. The van der Waals surface area contributed by atoms with Crippen LogP contribution in [-0.2, 0) is 0 Å². The Morgan fingerprint density at radius 2 is 2.29 bits per heavy atom. The van der Waals surface area contributed by atoms with Crippen LogP contribution in [0.1, 0.15) is 17.7 Å². The van der Waals surface area contributed by atoms with E-state index in [1.165, 1.54) is 0 Å². The van der Waals surface area contributed by atoms with Gasteiger partial charge in [0.2, 0.25) is 0 Å². The van der Waals surface area contributed by atoms with Crippen LogP contribution in [-0.4, -0.2) is 14.6 Å². The van der Waals surface area contributed by atoms with Gasteiger partial charge in [-0.15, -0.1) is 0 Å². The zero-order valence-electron chi connectivity index (χ0n) is 7.29. The van der Waals surface area contributed by atoms with Gasteiger partial charge < -0.3 is 0 Å². The summed E-state index contributed by atoms with van der Waals surface area (Å²) in [7, 11) is 0. The maximum atomic E-state index is 12.3. The van der Waals surface area contributed by atoms with E-state index in [2.05, 4.69) is 10.1 Å². The highest BCUT2D eigenvalue weighted by atomic mass is 19.3.